The van der Waals surface area contributed by atoms with E-state index in [1.165, 1.54) is 0 Å². The topological polar surface area (TPSA) is 52.6 Å². The molecule has 1 fully saturated rings. The maximum Gasteiger partial charge on any atom is 0.317 e. The van der Waals surface area contributed by atoms with Crippen molar-refractivity contribution in [2.75, 3.05) is 19.7 Å². The molecule has 0 aromatic carbocycles. The third kappa shape index (κ3) is 2.87. The van der Waals surface area contributed by atoms with Gasteiger partial charge >= 0.3 is 6.03 Å². The molecule has 0 aromatic rings. The summed E-state index contributed by atoms with van der Waals surface area (Å²) in [6, 6.07) is 0.390. The van der Waals surface area contributed by atoms with Crippen molar-refractivity contribution in [3.63, 3.8) is 0 Å². The lowest BCUT2D eigenvalue weighted by atomic mass is 10.1. The van der Waals surface area contributed by atoms with E-state index in [0.717, 1.165) is 32.2 Å². The molecule has 0 saturated carbocycles. The molecule has 14 heavy (non-hydrogen) atoms. The summed E-state index contributed by atoms with van der Waals surface area (Å²) in [5, 5.41) is 11.6. The molecule has 1 rings (SSSR count). The van der Waals surface area contributed by atoms with Gasteiger partial charge in [0.1, 0.15) is 0 Å². The fraction of sp³-hybridized carbons (Fsp3) is 0.900. The molecule has 1 heterocycles. The SMILES string of the molecule is CCNC(=O)N1CCCC1CCCO. The van der Waals surface area contributed by atoms with E-state index in [4.69, 9.17) is 5.11 Å². The molecule has 0 aromatic heterocycles. The zero-order valence-electron chi connectivity index (χ0n) is 8.83. The van der Waals surface area contributed by atoms with Crippen LogP contribution in [0.5, 0.6) is 0 Å². The van der Waals surface area contributed by atoms with Crippen LogP contribution in [0, 0.1) is 0 Å². The van der Waals surface area contributed by atoms with E-state index in [1.807, 2.05) is 11.8 Å². The van der Waals surface area contributed by atoms with Gasteiger partial charge in [-0.05, 0) is 32.6 Å². The van der Waals surface area contributed by atoms with Gasteiger partial charge in [0.15, 0.2) is 0 Å². The van der Waals surface area contributed by atoms with Gasteiger partial charge in [-0.1, -0.05) is 0 Å². The van der Waals surface area contributed by atoms with Crippen LogP contribution in [0.3, 0.4) is 0 Å². The second kappa shape index (κ2) is 5.86. The molecule has 1 aliphatic rings. The Hall–Kier alpha value is -0.770. The van der Waals surface area contributed by atoms with Gasteiger partial charge in [-0.3, -0.25) is 0 Å². The molecule has 1 aliphatic heterocycles. The number of nitrogens with zero attached hydrogens (tertiary/aromatic N) is 1. The molecule has 0 bridgehead atoms. The fourth-order valence-corrected chi connectivity index (χ4v) is 1.98. The molecular formula is C10H20N2O2. The number of likely N-dealkylation sites (tertiary alicyclic amines) is 1. The second-order valence-electron chi connectivity index (χ2n) is 3.69. The Morgan fingerprint density at radius 1 is 1.64 bits per heavy atom. The van der Waals surface area contributed by atoms with E-state index >= 15 is 0 Å². The van der Waals surface area contributed by atoms with Gasteiger partial charge in [0, 0.05) is 25.7 Å². The average Bonchev–Trinajstić information content (AvgIpc) is 2.63. The molecule has 0 radical (unpaired) electrons. The van der Waals surface area contributed by atoms with E-state index in [-0.39, 0.29) is 12.6 Å². The summed E-state index contributed by atoms with van der Waals surface area (Å²) in [7, 11) is 0. The number of urea groups is 1. The summed E-state index contributed by atoms with van der Waals surface area (Å²) < 4.78 is 0. The largest absolute Gasteiger partial charge is 0.396 e. The number of carbonyl (C=O) groups is 1. The molecule has 0 spiro atoms. The third-order valence-electron chi connectivity index (χ3n) is 2.66. The van der Waals surface area contributed by atoms with Crippen LogP contribution >= 0.6 is 0 Å². The zero-order valence-corrected chi connectivity index (χ0v) is 8.83. The van der Waals surface area contributed by atoms with Gasteiger partial charge in [-0.15, -0.1) is 0 Å². The molecule has 1 unspecified atom stereocenters. The highest BCUT2D eigenvalue weighted by Crippen LogP contribution is 2.20. The Bertz CT molecular complexity index is 185. The Balaban J connectivity index is 2.38. The predicted molar refractivity (Wildman–Crippen MR) is 55.1 cm³/mol. The summed E-state index contributed by atoms with van der Waals surface area (Å²) in [4.78, 5) is 13.5. The van der Waals surface area contributed by atoms with Crippen molar-refractivity contribution in [2.24, 2.45) is 0 Å². The van der Waals surface area contributed by atoms with Crippen LogP contribution in [0.25, 0.3) is 0 Å². The Morgan fingerprint density at radius 3 is 3.07 bits per heavy atom. The molecule has 1 saturated heterocycles. The van der Waals surface area contributed by atoms with E-state index in [2.05, 4.69) is 5.32 Å². The molecular weight excluding hydrogens is 180 g/mol. The summed E-state index contributed by atoms with van der Waals surface area (Å²) in [5.74, 6) is 0. The highest BCUT2D eigenvalue weighted by Gasteiger charge is 2.27. The lowest BCUT2D eigenvalue weighted by Crippen LogP contribution is -2.42. The number of hydrogen-bond donors (Lipinski definition) is 2. The zero-order chi connectivity index (χ0) is 10.4. The van der Waals surface area contributed by atoms with Crippen molar-refractivity contribution < 1.29 is 9.90 Å². The second-order valence-corrected chi connectivity index (χ2v) is 3.69. The van der Waals surface area contributed by atoms with Crippen molar-refractivity contribution >= 4 is 6.03 Å². The van der Waals surface area contributed by atoms with E-state index < -0.39 is 0 Å². The van der Waals surface area contributed by atoms with Crippen molar-refractivity contribution in [2.45, 2.75) is 38.6 Å². The van der Waals surface area contributed by atoms with Crippen LogP contribution in [0.4, 0.5) is 4.79 Å². The molecule has 1 atom stereocenters. The molecule has 4 heteroatoms. The first kappa shape index (κ1) is 11.3. The van der Waals surface area contributed by atoms with Crippen LogP contribution in [0.1, 0.15) is 32.6 Å². The molecule has 2 N–H and O–H groups in total. The number of hydrogen-bond acceptors (Lipinski definition) is 2. The van der Waals surface area contributed by atoms with Gasteiger partial charge < -0.3 is 15.3 Å². The molecule has 4 nitrogen and oxygen atoms in total. The van der Waals surface area contributed by atoms with E-state index in [9.17, 15) is 4.79 Å². The maximum absolute atomic E-state index is 11.6. The van der Waals surface area contributed by atoms with Gasteiger partial charge in [0.25, 0.3) is 0 Å². The van der Waals surface area contributed by atoms with Crippen molar-refractivity contribution in [3.05, 3.63) is 0 Å². The quantitative estimate of drug-likeness (QED) is 0.710. The Kier molecular flexibility index (Phi) is 4.73. The molecule has 0 aliphatic carbocycles. The predicted octanol–water partition coefficient (Wildman–Crippen LogP) is 0.953. The van der Waals surface area contributed by atoms with Gasteiger partial charge in [0.05, 0.1) is 0 Å². The van der Waals surface area contributed by atoms with Crippen LogP contribution in [-0.4, -0.2) is 41.8 Å². The van der Waals surface area contributed by atoms with Gasteiger partial charge in [-0.25, -0.2) is 4.79 Å². The van der Waals surface area contributed by atoms with E-state index in [0.29, 0.717) is 12.6 Å². The number of carbonyl (C=O) groups excluding carboxylic acids is 1. The standard InChI is InChI=1S/C10H20N2O2/c1-2-11-10(14)12-7-3-5-9(12)6-4-8-13/h9,13H,2-8H2,1H3,(H,11,14). The van der Waals surface area contributed by atoms with Crippen LogP contribution < -0.4 is 5.32 Å². The number of aliphatic hydroxyl groups excluding tert-OH is 1. The molecule has 2 amide bonds. The monoisotopic (exact) mass is 200 g/mol. The minimum atomic E-state index is 0.0490. The maximum atomic E-state index is 11.6. The molecule has 82 valence electrons. The summed E-state index contributed by atoms with van der Waals surface area (Å²) >= 11 is 0. The first-order valence-corrected chi connectivity index (χ1v) is 5.45. The van der Waals surface area contributed by atoms with Crippen molar-refractivity contribution in [1.82, 2.24) is 10.2 Å². The lowest BCUT2D eigenvalue weighted by molar-refractivity contribution is 0.185. The van der Waals surface area contributed by atoms with Gasteiger partial charge in [-0.2, -0.15) is 0 Å². The highest BCUT2D eigenvalue weighted by atomic mass is 16.3. The van der Waals surface area contributed by atoms with Crippen LogP contribution in [-0.2, 0) is 0 Å². The van der Waals surface area contributed by atoms with Gasteiger partial charge in [0.2, 0.25) is 0 Å². The van der Waals surface area contributed by atoms with Crippen molar-refractivity contribution in [3.8, 4) is 0 Å². The number of nitrogens with one attached hydrogen (secondary N) is 1. The Morgan fingerprint density at radius 2 is 2.43 bits per heavy atom. The highest BCUT2D eigenvalue weighted by molar-refractivity contribution is 5.74. The van der Waals surface area contributed by atoms with Crippen LogP contribution in [0.2, 0.25) is 0 Å². The Labute approximate surface area is 85.3 Å². The van der Waals surface area contributed by atoms with Crippen LogP contribution in [0.15, 0.2) is 0 Å². The lowest BCUT2D eigenvalue weighted by Gasteiger charge is -2.24. The minimum Gasteiger partial charge on any atom is -0.396 e. The third-order valence-corrected chi connectivity index (χ3v) is 2.66. The summed E-state index contributed by atoms with van der Waals surface area (Å²) in [6.07, 6.45) is 3.89. The number of aliphatic hydroxyl groups is 1. The normalized spacial score (nSPS) is 21.3. The smallest absolute Gasteiger partial charge is 0.317 e. The average molecular weight is 200 g/mol. The minimum absolute atomic E-state index is 0.0490. The number of amides is 2. The first-order chi connectivity index (χ1) is 6.79. The fourth-order valence-electron chi connectivity index (χ4n) is 1.98. The number of rotatable bonds is 4. The van der Waals surface area contributed by atoms with Crippen molar-refractivity contribution in [1.29, 1.82) is 0 Å². The van der Waals surface area contributed by atoms with E-state index in [1.54, 1.807) is 0 Å². The summed E-state index contributed by atoms with van der Waals surface area (Å²) in [5.41, 5.74) is 0. The first-order valence-electron chi connectivity index (χ1n) is 5.45. The summed E-state index contributed by atoms with van der Waals surface area (Å²) in [6.45, 7) is 3.69.